The van der Waals surface area contributed by atoms with Gasteiger partial charge in [0, 0.05) is 18.2 Å². The van der Waals surface area contributed by atoms with Crippen LogP contribution < -0.4 is 10.1 Å². The average Bonchev–Trinajstić information content (AvgIpc) is 2.48. The number of methoxy groups -OCH3 is 1. The molecule has 3 nitrogen and oxygen atoms in total. The molecular formula is C16H25FN2O. The zero-order valence-corrected chi connectivity index (χ0v) is 12.5. The Hall–Kier alpha value is -1.13. The minimum Gasteiger partial charge on any atom is -0.494 e. The topological polar surface area (TPSA) is 24.5 Å². The normalized spacial score (nSPS) is 17.4. The SMILES string of the molecule is CCCNC1CCN(Cc2cccc(OC)c2F)CC1. The molecule has 0 aliphatic carbocycles. The van der Waals surface area contributed by atoms with Crippen LogP contribution in [-0.2, 0) is 6.54 Å². The highest BCUT2D eigenvalue weighted by Crippen LogP contribution is 2.22. The molecule has 1 aromatic rings. The molecule has 2 rings (SSSR count). The molecule has 0 unspecified atom stereocenters. The summed E-state index contributed by atoms with van der Waals surface area (Å²) in [7, 11) is 1.51. The lowest BCUT2D eigenvalue weighted by molar-refractivity contribution is 0.188. The van der Waals surface area contributed by atoms with Gasteiger partial charge in [-0.15, -0.1) is 0 Å². The van der Waals surface area contributed by atoms with E-state index in [1.54, 1.807) is 6.07 Å². The second kappa shape index (κ2) is 7.60. The van der Waals surface area contributed by atoms with Gasteiger partial charge in [0.1, 0.15) is 0 Å². The Kier molecular flexibility index (Phi) is 5.80. The molecule has 0 amide bonds. The molecule has 0 bridgehead atoms. The largest absolute Gasteiger partial charge is 0.494 e. The molecule has 20 heavy (non-hydrogen) atoms. The molecule has 112 valence electrons. The van der Waals surface area contributed by atoms with Gasteiger partial charge in [-0.25, -0.2) is 4.39 Å². The van der Waals surface area contributed by atoms with Crippen LogP contribution in [0.2, 0.25) is 0 Å². The highest BCUT2D eigenvalue weighted by Gasteiger charge is 2.20. The van der Waals surface area contributed by atoms with Gasteiger partial charge >= 0.3 is 0 Å². The van der Waals surface area contributed by atoms with Gasteiger partial charge < -0.3 is 10.1 Å². The van der Waals surface area contributed by atoms with E-state index in [-0.39, 0.29) is 5.82 Å². The van der Waals surface area contributed by atoms with Crippen molar-refractivity contribution in [1.82, 2.24) is 10.2 Å². The van der Waals surface area contributed by atoms with Crippen molar-refractivity contribution in [3.8, 4) is 5.75 Å². The lowest BCUT2D eigenvalue weighted by Crippen LogP contribution is -2.42. The molecule has 4 heteroatoms. The number of halogens is 1. The van der Waals surface area contributed by atoms with Crippen molar-refractivity contribution in [3.63, 3.8) is 0 Å². The van der Waals surface area contributed by atoms with Crippen LogP contribution >= 0.6 is 0 Å². The average molecular weight is 280 g/mol. The molecule has 1 aliphatic rings. The van der Waals surface area contributed by atoms with Gasteiger partial charge in [0.2, 0.25) is 0 Å². The van der Waals surface area contributed by atoms with Crippen LogP contribution in [0.25, 0.3) is 0 Å². The van der Waals surface area contributed by atoms with Crippen molar-refractivity contribution in [2.45, 2.75) is 38.8 Å². The summed E-state index contributed by atoms with van der Waals surface area (Å²) in [5.41, 5.74) is 0.726. The molecule has 0 saturated carbocycles. The van der Waals surface area contributed by atoms with Crippen molar-refractivity contribution in [3.05, 3.63) is 29.6 Å². The van der Waals surface area contributed by atoms with Crippen LogP contribution in [0.5, 0.6) is 5.75 Å². The number of piperidine rings is 1. The molecule has 0 aromatic heterocycles. The monoisotopic (exact) mass is 280 g/mol. The van der Waals surface area contributed by atoms with Gasteiger partial charge in [0.15, 0.2) is 11.6 Å². The predicted molar refractivity (Wildman–Crippen MR) is 79.5 cm³/mol. The smallest absolute Gasteiger partial charge is 0.169 e. The first-order valence-electron chi connectivity index (χ1n) is 7.51. The summed E-state index contributed by atoms with van der Waals surface area (Å²) in [6, 6.07) is 5.99. The van der Waals surface area contributed by atoms with E-state index in [0.29, 0.717) is 18.3 Å². The summed E-state index contributed by atoms with van der Waals surface area (Å²) >= 11 is 0. The number of nitrogens with zero attached hydrogens (tertiary/aromatic N) is 1. The zero-order chi connectivity index (χ0) is 14.4. The molecule has 1 saturated heterocycles. The minimum absolute atomic E-state index is 0.221. The van der Waals surface area contributed by atoms with Crippen molar-refractivity contribution in [2.75, 3.05) is 26.7 Å². The van der Waals surface area contributed by atoms with E-state index in [9.17, 15) is 4.39 Å². The van der Waals surface area contributed by atoms with Gasteiger partial charge in [-0.3, -0.25) is 4.90 Å². The van der Waals surface area contributed by atoms with Crippen LogP contribution in [0.4, 0.5) is 4.39 Å². The minimum atomic E-state index is -0.221. The molecule has 1 heterocycles. The first kappa shape index (κ1) is 15.3. The van der Waals surface area contributed by atoms with E-state index in [2.05, 4.69) is 17.1 Å². The summed E-state index contributed by atoms with van der Waals surface area (Å²) in [6.07, 6.45) is 3.46. The van der Waals surface area contributed by atoms with Crippen molar-refractivity contribution in [2.24, 2.45) is 0 Å². The summed E-state index contributed by atoms with van der Waals surface area (Å²) < 4.78 is 19.1. The first-order chi connectivity index (χ1) is 9.74. The summed E-state index contributed by atoms with van der Waals surface area (Å²) in [5, 5.41) is 3.56. The Morgan fingerprint density at radius 1 is 1.35 bits per heavy atom. The maximum Gasteiger partial charge on any atom is 0.169 e. The Bertz CT molecular complexity index is 417. The fourth-order valence-corrected chi connectivity index (χ4v) is 2.72. The molecule has 0 spiro atoms. The molecule has 1 N–H and O–H groups in total. The summed E-state index contributed by atoms with van der Waals surface area (Å²) in [5.74, 6) is 0.114. The van der Waals surface area contributed by atoms with Crippen LogP contribution in [0.3, 0.4) is 0 Å². The van der Waals surface area contributed by atoms with E-state index in [1.165, 1.54) is 13.5 Å². The third-order valence-electron chi connectivity index (χ3n) is 3.93. The van der Waals surface area contributed by atoms with Crippen molar-refractivity contribution in [1.29, 1.82) is 0 Å². The molecular weight excluding hydrogens is 255 g/mol. The zero-order valence-electron chi connectivity index (χ0n) is 12.5. The number of hydrogen-bond acceptors (Lipinski definition) is 3. The number of rotatable bonds is 6. The van der Waals surface area contributed by atoms with E-state index < -0.39 is 0 Å². The van der Waals surface area contributed by atoms with Crippen molar-refractivity contribution < 1.29 is 9.13 Å². The Morgan fingerprint density at radius 2 is 2.10 bits per heavy atom. The van der Waals surface area contributed by atoms with Gasteiger partial charge in [-0.1, -0.05) is 19.1 Å². The van der Waals surface area contributed by atoms with Crippen LogP contribution in [0.1, 0.15) is 31.7 Å². The lowest BCUT2D eigenvalue weighted by Gasteiger charge is -2.32. The number of likely N-dealkylation sites (tertiary alicyclic amines) is 1. The Balaban J connectivity index is 1.86. The van der Waals surface area contributed by atoms with Gasteiger partial charge in [-0.2, -0.15) is 0 Å². The number of ether oxygens (including phenoxy) is 1. The van der Waals surface area contributed by atoms with Crippen LogP contribution in [-0.4, -0.2) is 37.7 Å². The number of nitrogens with one attached hydrogen (secondary N) is 1. The van der Waals surface area contributed by atoms with E-state index in [1.807, 2.05) is 12.1 Å². The summed E-state index contributed by atoms with van der Waals surface area (Å²) in [4.78, 5) is 2.32. The molecule has 0 radical (unpaired) electrons. The van der Waals surface area contributed by atoms with Crippen LogP contribution in [0, 0.1) is 5.82 Å². The molecule has 1 fully saturated rings. The molecule has 1 aromatic carbocycles. The van der Waals surface area contributed by atoms with Gasteiger partial charge in [0.25, 0.3) is 0 Å². The van der Waals surface area contributed by atoms with Crippen LogP contribution in [0.15, 0.2) is 18.2 Å². The highest BCUT2D eigenvalue weighted by molar-refractivity contribution is 5.31. The van der Waals surface area contributed by atoms with E-state index in [4.69, 9.17) is 4.74 Å². The second-order valence-corrected chi connectivity index (χ2v) is 5.44. The maximum atomic E-state index is 14.1. The van der Waals surface area contributed by atoms with E-state index >= 15 is 0 Å². The maximum absolute atomic E-state index is 14.1. The highest BCUT2D eigenvalue weighted by atomic mass is 19.1. The van der Waals surface area contributed by atoms with Gasteiger partial charge in [0.05, 0.1) is 7.11 Å². The fraction of sp³-hybridized carbons (Fsp3) is 0.625. The standard InChI is InChI=1S/C16H25FN2O/c1-3-9-18-14-7-10-19(11-8-14)12-13-5-4-6-15(20-2)16(13)17/h4-6,14,18H,3,7-12H2,1-2H3. The molecule has 1 aliphatic heterocycles. The quantitative estimate of drug-likeness (QED) is 0.867. The third-order valence-corrected chi connectivity index (χ3v) is 3.93. The third kappa shape index (κ3) is 3.93. The molecule has 0 atom stereocenters. The van der Waals surface area contributed by atoms with E-state index in [0.717, 1.165) is 38.0 Å². The number of hydrogen-bond donors (Lipinski definition) is 1. The Labute approximate surface area is 121 Å². The lowest BCUT2D eigenvalue weighted by atomic mass is 10.0. The predicted octanol–water partition coefficient (Wildman–Crippen LogP) is 2.80. The first-order valence-corrected chi connectivity index (χ1v) is 7.51. The second-order valence-electron chi connectivity index (χ2n) is 5.44. The van der Waals surface area contributed by atoms with Gasteiger partial charge in [-0.05, 0) is 45.0 Å². The fourth-order valence-electron chi connectivity index (χ4n) is 2.72. The number of benzene rings is 1. The summed E-state index contributed by atoms with van der Waals surface area (Å²) in [6.45, 7) is 6.00. The Morgan fingerprint density at radius 3 is 2.75 bits per heavy atom. The van der Waals surface area contributed by atoms with Crippen molar-refractivity contribution >= 4 is 0 Å².